The quantitative estimate of drug-likeness (QED) is 0.821. The molecule has 1 aromatic carbocycles. The van der Waals surface area contributed by atoms with Crippen molar-refractivity contribution in [3.63, 3.8) is 0 Å². The summed E-state index contributed by atoms with van der Waals surface area (Å²) in [4.78, 5) is 2.71. The van der Waals surface area contributed by atoms with Crippen LogP contribution in [-0.2, 0) is 0 Å². The highest BCUT2D eigenvalue weighted by Crippen LogP contribution is 2.25. The Kier molecular flexibility index (Phi) is 7.08. The van der Waals surface area contributed by atoms with Gasteiger partial charge in [0.05, 0.1) is 0 Å². The second-order valence-electron chi connectivity index (χ2n) is 6.15. The minimum atomic E-state index is 0.536. The Morgan fingerprint density at radius 2 is 2.10 bits per heavy atom. The van der Waals surface area contributed by atoms with Crippen LogP contribution in [0.3, 0.4) is 0 Å². The lowest BCUT2D eigenvalue weighted by molar-refractivity contribution is 0.125. The number of piperazine rings is 1. The summed E-state index contributed by atoms with van der Waals surface area (Å²) in [5.41, 5.74) is 1.46. The molecule has 0 spiro atoms. The molecule has 3 heteroatoms. The van der Waals surface area contributed by atoms with E-state index in [1.54, 1.807) is 0 Å². The average Bonchev–Trinajstić information content (AvgIpc) is 2.54. The summed E-state index contributed by atoms with van der Waals surface area (Å²) < 4.78 is 0. The molecule has 3 atom stereocenters. The van der Waals surface area contributed by atoms with Crippen LogP contribution < -0.4 is 5.32 Å². The van der Waals surface area contributed by atoms with Crippen molar-refractivity contribution < 1.29 is 0 Å². The Balaban J connectivity index is 2.03. The molecule has 0 aliphatic carbocycles. The molecule has 3 unspecified atom stereocenters. The highest BCUT2D eigenvalue weighted by Gasteiger charge is 2.28. The number of benzene rings is 1. The predicted octanol–water partition coefficient (Wildman–Crippen LogP) is 3.94. The van der Waals surface area contributed by atoms with Gasteiger partial charge in [0.1, 0.15) is 0 Å². The van der Waals surface area contributed by atoms with Crippen LogP contribution in [0.1, 0.15) is 44.7 Å². The zero-order valence-corrected chi connectivity index (χ0v) is 14.5. The molecule has 1 aliphatic heterocycles. The topological polar surface area (TPSA) is 15.3 Å². The smallest absolute Gasteiger partial charge is 0.0473 e. The Bertz CT molecular complexity index is 395. The molecule has 1 fully saturated rings. The van der Waals surface area contributed by atoms with Crippen molar-refractivity contribution in [2.24, 2.45) is 0 Å². The number of nitrogens with one attached hydrogen (secondary N) is 1. The van der Waals surface area contributed by atoms with Crippen LogP contribution in [0, 0.1) is 0 Å². The molecule has 1 heterocycles. The van der Waals surface area contributed by atoms with Crippen molar-refractivity contribution in [1.82, 2.24) is 10.2 Å². The van der Waals surface area contributed by atoms with Gasteiger partial charge in [0.2, 0.25) is 0 Å². The molecule has 1 aromatic rings. The van der Waals surface area contributed by atoms with E-state index >= 15 is 0 Å². The molecule has 1 saturated heterocycles. The first-order valence-corrected chi connectivity index (χ1v) is 9.58. The van der Waals surface area contributed by atoms with Crippen molar-refractivity contribution in [2.45, 2.75) is 50.4 Å². The minimum absolute atomic E-state index is 0.536. The van der Waals surface area contributed by atoms with Gasteiger partial charge in [0, 0.05) is 30.4 Å². The molecule has 118 valence electrons. The normalized spacial score (nSPS) is 24.9. The number of thioether (sulfide) groups is 1. The summed E-state index contributed by atoms with van der Waals surface area (Å²) in [6.07, 6.45) is 6.05. The highest BCUT2D eigenvalue weighted by atomic mass is 32.2. The predicted molar refractivity (Wildman–Crippen MR) is 95.0 cm³/mol. The van der Waals surface area contributed by atoms with Crippen molar-refractivity contribution >= 4 is 11.8 Å². The third-order valence-corrected chi connectivity index (χ3v) is 5.58. The van der Waals surface area contributed by atoms with E-state index in [9.17, 15) is 0 Å². The molecule has 21 heavy (non-hydrogen) atoms. The third kappa shape index (κ3) is 5.01. The molecule has 2 rings (SSSR count). The monoisotopic (exact) mass is 306 g/mol. The van der Waals surface area contributed by atoms with E-state index in [1.165, 1.54) is 37.9 Å². The number of hydrogen-bond acceptors (Lipinski definition) is 3. The molecule has 0 saturated carbocycles. The third-order valence-electron chi connectivity index (χ3n) is 4.54. The molecule has 0 aromatic heterocycles. The first kappa shape index (κ1) is 16.9. The van der Waals surface area contributed by atoms with Gasteiger partial charge < -0.3 is 5.32 Å². The lowest BCUT2D eigenvalue weighted by Crippen LogP contribution is -2.52. The van der Waals surface area contributed by atoms with Crippen LogP contribution in [-0.4, -0.2) is 42.1 Å². The van der Waals surface area contributed by atoms with Crippen LogP contribution in [0.25, 0.3) is 0 Å². The van der Waals surface area contributed by atoms with E-state index in [2.05, 4.69) is 60.7 Å². The van der Waals surface area contributed by atoms with Crippen molar-refractivity contribution in [3.8, 4) is 0 Å². The summed E-state index contributed by atoms with van der Waals surface area (Å²) in [5.74, 6) is 0. The van der Waals surface area contributed by atoms with Gasteiger partial charge in [-0.25, -0.2) is 0 Å². The summed E-state index contributed by atoms with van der Waals surface area (Å²) in [7, 11) is 0. The van der Waals surface area contributed by atoms with E-state index in [0.717, 1.165) is 11.8 Å². The summed E-state index contributed by atoms with van der Waals surface area (Å²) in [6, 6.07) is 12.2. The van der Waals surface area contributed by atoms with Crippen molar-refractivity contribution in [1.29, 1.82) is 0 Å². The number of nitrogens with zero attached hydrogens (tertiary/aromatic N) is 1. The Morgan fingerprint density at radius 1 is 1.33 bits per heavy atom. The average molecular weight is 307 g/mol. The molecule has 1 aliphatic rings. The van der Waals surface area contributed by atoms with Crippen molar-refractivity contribution in [2.75, 3.05) is 25.9 Å². The zero-order chi connectivity index (χ0) is 15.1. The molecule has 0 radical (unpaired) electrons. The summed E-state index contributed by atoms with van der Waals surface area (Å²) in [5, 5.41) is 4.50. The minimum Gasteiger partial charge on any atom is -0.311 e. The first-order valence-electron chi connectivity index (χ1n) is 8.29. The second-order valence-corrected chi connectivity index (χ2v) is 7.43. The van der Waals surface area contributed by atoms with E-state index in [1.807, 2.05) is 11.8 Å². The fraction of sp³-hybridized carbons (Fsp3) is 0.667. The first-order chi connectivity index (χ1) is 10.2. The van der Waals surface area contributed by atoms with Gasteiger partial charge in [-0.05, 0) is 31.2 Å². The number of rotatable bonds is 7. The highest BCUT2D eigenvalue weighted by molar-refractivity contribution is 7.99. The Morgan fingerprint density at radius 3 is 2.76 bits per heavy atom. The SMILES string of the molecule is CCCC1CN(CCC(C)SC)C(c2ccccc2)CN1. The van der Waals surface area contributed by atoms with Crippen molar-refractivity contribution in [3.05, 3.63) is 35.9 Å². The largest absolute Gasteiger partial charge is 0.311 e. The summed E-state index contributed by atoms with van der Waals surface area (Å²) in [6.45, 7) is 8.11. The van der Waals surface area contributed by atoms with Gasteiger partial charge in [-0.1, -0.05) is 50.6 Å². The van der Waals surface area contributed by atoms with Crippen LogP contribution in [0.15, 0.2) is 30.3 Å². The van der Waals surface area contributed by atoms with Crippen LogP contribution >= 0.6 is 11.8 Å². The molecular weight excluding hydrogens is 276 g/mol. The van der Waals surface area contributed by atoms with Crippen LogP contribution in [0.4, 0.5) is 0 Å². The summed E-state index contributed by atoms with van der Waals surface area (Å²) >= 11 is 1.98. The van der Waals surface area contributed by atoms with Gasteiger partial charge in [0.25, 0.3) is 0 Å². The van der Waals surface area contributed by atoms with Gasteiger partial charge in [-0.15, -0.1) is 0 Å². The maximum atomic E-state index is 3.75. The Hall–Kier alpha value is -0.510. The number of hydrogen-bond donors (Lipinski definition) is 1. The Labute approximate surface area is 134 Å². The second kappa shape index (κ2) is 8.82. The van der Waals surface area contributed by atoms with E-state index < -0.39 is 0 Å². The van der Waals surface area contributed by atoms with Gasteiger partial charge >= 0.3 is 0 Å². The van der Waals surface area contributed by atoms with Gasteiger partial charge in [-0.2, -0.15) is 11.8 Å². The lowest BCUT2D eigenvalue weighted by atomic mass is 9.99. The van der Waals surface area contributed by atoms with Gasteiger partial charge in [-0.3, -0.25) is 4.90 Å². The van der Waals surface area contributed by atoms with E-state index in [4.69, 9.17) is 0 Å². The standard InChI is InChI=1S/C18H30N2S/c1-4-8-17-14-20(12-11-15(2)21-3)18(13-19-17)16-9-6-5-7-10-16/h5-7,9-10,15,17-19H,4,8,11-14H2,1-3H3. The van der Waals surface area contributed by atoms with Crippen LogP contribution in [0.2, 0.25) is 0 Å². The maximum Gasteiger partial charge on any atom is 0.0473 e. The maximum absolute atomic E-state index is 3.75. The molecule has 0 bridgehead atoms. The molecule has 2 nitrogen and oxygen atoms in total. The fourth-order valence-corrected chi connectivity index (χ4v) is 3.48. The molecule has 1 N–H and O–H groups in total. The lowest BCUT2D eigenvalue weighted by Gasteiger charge is -2.41. The van der Waals surface area contributed by atoms with E-state index in [-0.39, 0.29) is 0 Å². The zero-order valence-electron chi connectivity index (χ0n) is 13.7. The van der Waals surface area contributed by atoms with E-state index in [0.29, 0.717) is 12.1 Å². The molecule has 0 amide bonds. The fourth-order valence-electron chi connectivity index (χ4n) is 3.14. The van der Waals surface area contributed by atoms with Crippen LogP contribution in [0.5, 0.6) is 0 Å². The van der Waals surface area contributed by atoms with Gasteiger partial charge in [0.15, 0.2) is 0 Å². The molecular formula is C18H30N2S.